The second-order valence-corrected chi connectivity index (χ2v) is 6.39. The molecule has 1 N–H and O–H groups in total. The highest BCUT2D eigenvalue weighted by molar-refractivity contribution is 5.96. The average molecular weight is 355 g/mol. The molecule has 0 unspecified atom stereocenters. The molecule has 4 nitrogen and oxygen atoms in total. The van der Waals surface area contributed by atoms with E-state index in [1.54, 1.807) is 0 Å². The predicted molar refractivity (Wildman–Crippen MR) is 91.7 cm³/mol. The molecular weight excluding hydrogens is 331 g/mol. The monoisotopic (exact) mass is 355 g/mol. The van der Waals surface area contributed by atoms with Crippen molar-refractivity contribution in [3.05, 3.63) is 54.0 Å². The molecule has 0 fully saturated rings. The minimum absolute atomic E-state index is 0.0579. The van der Waals surface area contributed by atoms with E-state index in [1.165, 1.54) is 19.2 Å². The Bertz CT molecular complexity index is 684. The third-order valence-corrected chi connectivity index (χ3v) is 3.64. The van der Waals surface area contributed by atoms with Gasteiger partial charge in [0, 0.05) is 18.9 Å². The first kappa shape index (κ1) is 20.7. The number of allylic oxidation sites excluding steroid dienone is 3. The third-order valence-electron chi connectivity index (χ3n) is 3.64. The summed E-state index contributed by atoms with van der Waals surface area (Å²) in [5.74, 6) is -0.406. The summed E-state index contributed by atoms with van der Waals surface area (Å²) in [6.07, 6.45) is 0.156. The molecule has 0 spiro atoms. The molecule has 138 valence electrons. The van der Waals surface area contributed by atoms with Gasteiger partial charge in [0.25, 0.3) is 5.91 Å². The number of carbonyl (C=O) groups is 1. The molecule has 25 heavy (non-hydrogen) atoms. The zero-order chi connectivity index (χ0) is 19.4. The van der Waals surface area contributed by atoms with Crippen LogP contribution in [0.5, 0.6) is 0 Å². The van der Waals surface area contributed by atoms with Crippen molar-refractivity contribution in [2.24, 2.45) is 18.9 Å². The Morgan fingerprint density at radius 1 is 1.40 bits per heavy atom. The van der Waals surface area contributed by atoms with Gasteiger partial charge in [0.1, 0.15) is 0 Å². The van der Waals surface area contributed by atoms with E-state index in [0.29, 0.717) is 17.2 Å². The van der Waals surface area contributed by atoms with E-state index in [-0.39, 0.29) is 5.92 Å². The number of hydrogen-bond acceptors (Lipinski definition) is 2. The zero-order valence-corrected chi connectivity index (χ0v) is 14.9. The van der Waals surface area contributed by atoms with Crippen molar-refractivity contribution in [1.29, 1.82) is 0 Å². The SMILES string of the molecule is C=C/C=C(/NC(=O)c1cn(C)nc1C(F)(F)F)C(=C)[C@H](C)CC(C)C. The highest BCUT2D eigenvalue weighted by Crippen LogP contribution is 2.31. The molecule has 1 aromatic rings. The fourth-order valence-corrected chi connectivity index (χ4v) is 2.52. The molecule has 0 radical (unpaired) electrons. The van der Waals surface area contributed by atoms with Crippen molar-refractivity contribution in [3.8, 4) is 0 Å². The normalized spacial score (nSPS) is 13.7. The lowest BCUT2D eigenvalue weighted by Crippen LogP contribution is -2.27. The molecule has 1 atom stereocenters. The van der Waals surface area contributed by atoms with Gasteiger partial charge in [-0.05, 0) is 29.9 Å². The number of rotatable bonds is 7. The van der Waals surface area contributed by atoms with Crippen molar-refractivity contribution in [2.75, 3.05) is 0 Å². The van der Waals surface area contributed by atoms with Crippen LogP contribution in [0, 0.1) is 11.8 Å². The van der Waals surface area contributed by atoms with E-state index in [1.807, 2.05) is 6.92 Å². The van der Waals surface area contributed by atoms with Gasteiger partial charge in [-0.15, -0.1) is 0 Å². The molecule has 0 saturated heterocycles. The Hall–Kier alpha value is -2.31. The molecule has 0 bridgehead atoms. The van der Waals surface area contributed by atoms with Crippen LogP contribution in [0.15, 0.2) is 42.8 Å². The Morgan fingerprint density at radius 2 is 2.00 bits per heavy atom. The Balaban J connectivity index is 3.08. The minimum Gasteiger partial charge on any atom is -0.322 e. The van der Waals surface area contributed by atoms with Gasteiger partial charge in [0.15, 0.2) is 5.69 Å². The first-order valence-corrected chi connectivity index (χ1v) is 7.91. The number of aryl methyl sites for hydroxylation is 1. The fourth-order valence-electron chi connectivity index (χ4n) is 2.52. The van der Waals surface area contributed by atoms with Crippen LogP contribution in [-0.4, -0.2) is 15.7 Å². The lowest BCUT2D eigenvalue weighted by Gasteiger charge is -2.20. The van der Waals surface area contributed by atoms with E-state index in [4.69, 9.17) is 0 Å². The number of nitrogens with one attached hydrogen (secondary N) is 1. The maximum Gasteiger partial charge on any atom is 0.435 e. The van der Waals surface area contributed by atoms with Crippen LogP contribution in [0.25, 0.3) is 0 Å². The zero-order valence-electron chi connectivity index (χ0n) is 14.9. The summed E-state index contributed by atoms with van der Waals surface area (Å²) >= 11 is 0. The van der Waals surface area contributed by atoms with Crippen LogP contribution in [0.1, 0.15) is 43.2 Å². The van der Waals surface area contributed by atoms with Gasteiger partial charge >= 0.3 is 6.18 Å². The smallest absolute Gasteiger partial charge is 0.322 e. The Morgan fingerprint density at radius 3 is 2.48 bits per heavy atom. The summed E-state index contributed by atoms with van der Waals surface area (Å²) < 4.78 is 40.1. The summed E-state index contributed by atoms with van der Waals surface area (Å²) in [6, 6.07) is 0. The first-order chi connectivity index (χ1) is 11.5. The number of hydrogen-bond donors (Lipinski definition) is 1. The predicted octanol–water partition coefficient (Wildman–Crippen LogP) is 4.48. The van der Waals surface area contributed by atoms with Crippen LogP contribution in [0.3, 0.4) is 0 Å². The van der Waals surface area contributed by atoms with E-state index < -0.39 is 23.3 Å². The first-order valence-electron chi connectivity index (χ1n) is 7.91. The standard InChI is InChI=1S/C18H24F3N3O/c1-7-8-15(13(5)12(4)9-11(2)3)22-17(25)14-10-24(6)23-16(14)18(19,20)21/h7-8,10-12H,1,5,9H2,2-4,6H3,(H,22,25)/b15-8+/t12-/m1/s1. The number of alkyl halides is 3. The fraction of sp³-hybridized carbons (Fsp3) is 0.444. The third kappa shape index (κ3) is 5.62. The van der Waals surface area contributed by atoms with Crippen LogP contribution in [-0.2, 0) is 13.2 Å². The van der Waals surface area contributed by atoms with Gasteiger partial charge in [-0.1, -0.05) is 40.0 Å². The second kappa shape index (κ2) is 8.18. The molecule has 1 heterocycles. The Kier molecular flexibility index (Phi) is 6.78. The van der Waals surface area contributed by atoms with Crippen LogP contribution >= 0.6 is 0 Å². The Labute approximate surface area is 146 Å². The number of amides is 1. The lowest BCUT2D eigenvalue weighted by atomic mass is 9.90. The van der Waals surface area contributed by atoms with E-state index in [9.17, 15) is 18.0 Å². The number of carbonyl (C=O) groups excluding carboxylic acids is 1. The molecule has 1 aromatic heterocycles. The number of nitrogens with zero attached hydrogens (tertiary/aromatic N) is 2. The van der Waals surface area contributed by atoms with Crippen LogP contribution < -0.4 is 5.32 Å². The highest BCUT2D eigenvalue weighted by atomic mass is 19.4. The molecule has 0 aliphatic rings. The summed E-state index contributed by atoms with van der Waals surface area (Å²) in [5, 5.41) is 5.86. The largest absolute Gasteiger partial charge is 0.435 e. The lowest BCUT2D eigenvalue weighted by molar-refractivity contribution is -0.141. The van der Waals surface area contributed by atoms with Crippen molar-refractivity contribution in [1.82, 2.24) is 15.1 Å². The molecule has 0 aliphatic carbocycles. The molecule has 0 aliphatic heterocycles. The van der Waals surface area contributed by atoms with Crippen molar-refractivity contribution in [3.63, 3.8) is 0 Å². The number of halogens is 3. The van der Waals surface area contributed by atoms with Crippen molar-refractivity contribution in [2.45, 2.75) is 33.4 Å². The number of aromatic nitrogens is 2. The van der Waals surface area contributed by atoms with Gasteiger partial charge in [0.2, 0.25) is 0 Å². The summed E-state index contributed by atoms with van der Waals surface area (Å²) in [5.41, 5.74) is -0.759. The van der Waals surface area contributed by atoms with E-state index in [2.05, 4.69) is 37.4 Å². The van der Waals surface area contributed by atoms with E-state index >= 15 is 0 Å². The molecular formula is C18H24F3N3O. The summed E-state index contributed by atoms with van der Waals surface area (Å²) in [4.78, 5) is 12.4. The van der Waals surface area contributed by atoms with Gasteiger partial charge in [0.05, 0.1) is 5.56 Å². The van der Waals surface area contributed by atoms with Crippen LogP contribution in [0.4, 0.5) is 13.2 Å². The molecule has 0 saturated carbocycles. The average Bonchev–Trinajstić information content (AvgIpc) is 2.87. The van der Waals surface area contributed by atoms with Crippen LogP contribution in [0.2, 0.25) is 0 Å². The van der Waals surface area contributed by atoms with Gasteiger partial charge < -0.3 is 5.32 Å². The molecule has 7 heteroatoms. The second-order valence-electron chi connectivity index (χ2n) is 6.39. The van der Waals surface area contributed by atoms with Gasteiger partial charge in [-0.3, -0.25) is 9.48 Å². The maximum absolute atomic E-state index is 13.0. The maximum atomic E-state index is 13.0. The van der Waals surface area contributed by atoms with Gasteiger partial charge in [-0.2, -0.15) is 18.3 Å². The molecule has 1 rings (SSSR count). The summed E-state index contributed by atoms with van der Waals surface area (Å²) in [6.45, 7) is 13.6. The highest BCUT2D eigenvalue weighted by Gasteiger charge is 2.39. The topological polar surface area (TPSA) is 46.9 Å². The van der Waals surface area contributed by atoms with Crippen molar-refractivity contribution >= 4 is 5.91 Å². The quantitative estimate of drug-likeness (QED) is 0.733. The van der Waals surface area contributed by atoms with Gasteiger partial charge in [-0.25, -0.2) is 0 Å². The van der Waals surface area contributed by atoms with E-state index in [0.717, 1.165) is 17.3 Å². The minimum atomic E-state index is -4.71. The molecule has 1 amide bonds. The molecule has 0 aromatic carbocycles. The van der Waals surface area contributed by atoms with Crippen molar-refractivity contribution < 1.29 is 18.0 Å². The summed E-state index contributed by atoms with van der Waals surface area (Å²) in [7, 11) is 1.33.